The summed E-state index contributed by atoms with van der Waals surface area (Å²) in [5.41, 5.74) is -0.898. The Labute approximate surface area is 677 Å². The van der Waals surface area contributed by atoms with Crippen LogP contribution in [-0.4, -0.2) is 115 Å². The first-order valence-corrected chi connectivity index (χ1v) is 41.1. The van der Waals surface area contributed by atoms with E-state index in [0.717, 1.165) is 34.8 Å². The molecular weight excluding hydrogens is 1730 g/mol. The van der Waals surface area contributed by atoms with Gasteiger partial charge in [-0.25, -0.2) is 27.8 Å². The van der Waals surface area contributed by atoms with E-state index in [1.54, 1.807) is 194 Å². The minimum Gasteiger partial charge on any atom is -0.374 e. The lowest BCUT2D eigenvalue weighted by Crippen LogP contribution is -2.63. The number of sulfonamides is 2. The molecule has 14 rings (SSSR count). The van der Waals surface area contributed by atoms with Crippen molar-refractivity contribution in [2.24, 2.45) is 0 Å². The van der Waals surface area contributed by atoms with Gasteiger partial charge in [0.1, 0.15) is 33.3 Å². The van der Waals surface area contributed by atoms with Gasteiger partial charge in [-0.15, -0.1) is 22.7 Å². The zero-order valence-corrected chi connectivity index (χ0v) is 64.3. The van der Waals surface area contributed by atoms with Crippen LogP contribution in [0, 0.1) is 22.7 Å². The van der Waals surface area contributed by atoms with Crippen LogP contribution in [0.2, 0.25) is 0 Å². The fraction of sp³-hybridized carbons (Fsp3) is 0.103. The van der Waals surface area contributed by atoms with E-state index < -0.39 is 149 Å². The molecule has 10 aromatic carbocycles. The Morgan fingerprint density at radius 1 is 0.400 bits per heavy atom. The summed E-state index contributed by atoms with van der Waals surface area (Å²) in [4.78, 5) is 30.2. The van der Waals surface area contributed by atoms with Crippen LogP contribution in [0.25, 0.3) is 86.4 Å². The molecule has 0 bridgehead atoms. The highest BCUT2D eigenvalue weighted by atomic mass is 32.2. The molecule has 0 spiro atoms. The Morgan fingerprint density at radius 3 is 1.07 bits per heavy atom. The van der Waals surface area contributed by atoms with Crippen LogP contribution >= 0.6 is 34.4 Å². The molecular formula is C78H42B2F18N8O8S6. The Kier molecular flexibility index (Phi) is 21.4. The lowest BCUT2D eigenvalue weighted by Gasteiger charge is -2.31. The normalized spacial score (nSPS) is 13.6. The number of thiazole rings is 2. The van der Waals surface area contributed by atoms with Crippen molar-refractivity contribution < 1.29 is 114 Å². The van der Waals surface area contributed by atoms with Crippen molar-refractivity contribution in [2.75, 3.05) is 0 Å². The first kappa shape index (κ1) is 84.5. The maximum absolute atomic E-state index is 16.6. The summed E-state index contributed by atoms with van der Waals surface area (Å²) < 4.78 is 354. The van der Waals surface area contributed by atoms with E-state index in [2.05, 4.69) is 12.1 Å². The number of aromatic nitrogens is 4. The molecule has 42 heteroatoms. The summed E-state index contributed by atoms with van der Waals surface area (Å²) in [5.74, 6) is -22.7. The average molecular weight is 1780 g/mol. The van der Waals surface area contributed by atoms with Gasteiger partial charge < -0.3 is 8.96 Å². The predicted octanol–water partition coefficient (Wildman–Crippen LogP) is 14.6. The average Bonchev–Trinajstić information content (AvgIpc) is 1.50. The van der Waals surface area contributed by atoms with Crippen LogP contribution in [0.15, 0.2) is 252 Å². The smallest absolute Gasteiger partial charge is 0.374 e. The Morgan fingerprint density at radius 2 is 0.725 bits per heavy atom. The van der Waals surface area contributed by atoms with Crippen LogP contribution < -0.4 is 42.0 Å². The van der Waals surface area contributed by atoms with Gasteiger partial charge in [0.15, 0.2) is 0 Å². The largest absolute Gasteiger partial charge is 0.472 e. The van der Waals surface area contributed by atoms with Crippen molar-refractivity contribution in [1.82, 2.24) is 28.4 Å². The highest BCUT2D eigenvalue weighted by molar-refractivity contribution is 8.00. The van der Waals surface area contributed by atoms with E-state index >= 15 is 52.7 Å². The Balaban J connectivity index is 1.19. The molecule has 4 heterocycles. The van der Waals surface area contributed by atoms with Crippen LogP contribution in [-0.2, 0) is 39.5 Å². The second-order valence-electron chi connectivity index (χ2n) is 26.3. The minimum atomic E-state index is -7.99. The van der Waals surface area contributed by atoms with E-state index in [1.807, 2.05) is 0 Å². The number of hydrogen-bond donors (Lipinski definition) is 2. The summed E-state index contributed by atoms with van der Waals surface area (Å²) in [6.45, 7) is -2.94. The first-order chi connectivity index (χ1) is 56.4. The number of nitrogens with zero attached hydrogens (tertiary/aromatic N) is 6. The van der Waals surface area contributed by atoms with Crippen molar-refractivity contribution in [1.29, 1.82) is 10.5 Å². The molecule has 610 valence electrons. The molecule has 0 saturated heterocycles. The van der Waals surface area contributed by atoms with Crippen LogP contribution in [0.1, 0.15) is 10.0 Å². The standard InChI is InChI=1S/C78H42B2F18N8O8S6/c81-71(82,83)69(107)103-119(111,112)77(95,96)73(87,88)75(91,92)117-51-35-29-45(30-36-51)63-59-60(66(105(63)79(47-19-5-1-6-20-47)48-21-7-2-8-22-48)56(42-100)68-102-62-54-28-16-14-18-44(54)34-40-58(62)116-68)64(46-31-37-52(38-32-46)118(109,110)76(93,94)74(89,90)78(97,98)120(113,114)104-70(108)72(84,85)86)106(80(49-23-9-3-10-24-49)50-25-11-4-12-26-50)65(59)55(41-99)67-101-61-53-27-15-13-17-43(53)33-39-57(61)115-67/h1-40H,(H,103,107)(H,104,108)/b65-55+,66-56+. The number of sulfone groups is 1. The number of halogens is 18. The van der Waals surface area contributed by atoms with E-state index in [-0.39, 0.29) is 92.5 Å². The number of rotatable bonds is 22. The number of amides is 2. The third kappa shape index (κ3) is 14.1. The molecule has 0 radical (unpaired) electrons. The number of benzene rings is 10. The van der Waals surface area contributed by atoms with Gasteiger partial charge in [-0.1, -0.05) is 228 Å². The van der Waals surface area contributed by atoms with Gasteiger partial charge in [0.2, 0.25) is 9.84 Å². The molecule has 0 aliphatic heterocycles. The molecule has 2 amide bonds. The van der Waals surface area contributed by atoms with Crippen molar-refractivity contribution in [3.8, 4) is 34.7 Å². The number of thioether (sulfide) groups is 1. The zero-order chi connectivity index (χ0) is 86.6. The first-order valence-electron chi connectivity index (χ1n) is 34.2. The van der Waals surface area contributed by atoms with E-state index in [9.17, 15) is 71.7 Å². The van der Waals surface area contributed by atoms with Gasteiger partial charge in [0, 0.05) is 37.8 Å². The van der Waals surface area contributed by atoms with Gasteiger partial charge in [0.05, 0.1) is 36.0 Å². The second kappa shape index (κ2) is 30.4. The van der Waals surface area contributed by atoms with Gasteiger partial charge in [-0.3, -0.25) is 9.59 Å². The molecule has 120 heavy (non-hydrogen) atoms. The van der Waals surface area contributed by atoms with Gasteiger partial charge in [0.25, 0.3) is 0 Å². The molecule has 0 unspecified atom stereocenters. The number of fused-ring (bicyclic) bond motifs is 7. The summed E-state index contributed by atoms with van der Waals surface area (Å²) in [6.07, 6.45) is -12.8. The maximum atomic E-state index is 16.6. The zero-order valence-electron chi connectivity index (χ0n) is 59.5. The number of nitriles is 2. The number of nitrogens with one attached hydrogen (secondary N) is 2. The third-order valence-corrected chi connectivity index (χ3v) is 26.8. The lowest BCUT2D eigenvalue weighted by atomic mass is 9.50. The molecule has 0 fully saturated rings. The predicted molar refractivity (Wildman–Crippen MR) is 416 cm³/mol. The topological polar surface area (TPSA) is 244 Å². The molecule has 2 N–H and O–H groups in total. The fourth-order valence-electron chi connectivity index (χ4n) is 13.6. The summed E-state index contributed by atoms with van der Waals surface area (Å²) in [7, 11) is -23.3. The van der Waals surface area contributed by atoms with Crippen LogP contribution in [0.4, 0.5) is 79.0 Å². The van der Waals surface area contributed by atoms with Crippen LogP contribution in [0.3, 0.4) is 0 Å². The molecule has 0 atom stereocenters. The molecule has 0 saturated carbocycles. The maximum Gasteiger partial charge on any atom is 0.472 e. The van der Waals surface area contributed by atoms with E-state index in [0.29, 0.717) is 55.2 Å². The molecule has 0 aliphatic rings. The van der Waals surface area contributed by atoms with Gasteiger partial charge >= 0.3 is 90.8 Å². The molecule has 16 nitrogen and oxygen atoms in total. The SMILES string of the molecule is N#C/C(c1nc2c(ccc3ccccc32)s1)=c1/c2c(-c3ccc(S(=O)(=O)C(F)(F)C(F)(F)C(F)(F)S(=O)(=O)NC(=O)C(F)(F)F)cc3)n(B(c3ccccc3)c3ccccc3)/c(=C(\C#N)c3nc4c(ccc5ccccc54)s3)c2c(-c2ccc(SC(F)(F)C(F)(F)C(F)(F)S(=O)(=O)NC(=O)C(F)(F)F)cc2)n1B(c1ccccc1)c1ccccc1. The minimum absolute atomic E-state index is 0.130. The van der Waals surface area contributed by atoms with Crippen LogP contribution in [0.5, 0.6) is 0 Å². The number of hydrogen-bond acceptors (Lipinski definition) is 15. The third-order valence-electron chi connectivity index (χ3n) is 19.1. The van der Waals surface area contributed by atoms with Gasteiger partial charge in [-0.05, 0) is 70.1 Å². The summed E-state index contributed by atoms with van der Waals surface area (Å²) in [6, 6.07) is 60.9. The fourth-order valence-corrected chi connectivity index (χ4v) is 19.7. The van der Waals surface area contributed by atoms with Crippen molar-refractivity contribution >= 4 is 176 Å². The summed E-state index contributed by atoms with van der Waals surface area (Å²) in [5, 5.41) is -2.91. The molecule has 4 aromatic heterocycles. The van der Waals surface area contributed by atoms with Crippen molar-refractivity contribution in [2.45, 2.75) is 55.0 Å². The summed E-state index contributed by atoms with van der Waals surface area (Å²) >= 11 is 0.355. The van der Waals surface area contributed by atoms with E-state index in [4.69, 9.17) is 9.97 Å². The van der Waals surface area contributed by atoms with Crippen molar-refractivity contribution in [3.63, 3.8) is 0 Å². The molecule has 14 aromatic rings. The Bertz CT molecular complexity index is 6870. The lowest BCUT2D eigenvalue weighted by molar-refractivity contribution is -0.244. The quantitative estimate of drug-likeness (QED) is 0.0365. The highest BCUT2D eigenvalue weighted by Gasteiger charge is 2.83. The molecule has 0 aliphatic carbocycles. The number of carbonyl (C=O) groups is 2. The van der Waals surface area contributed by atoms with E-state index in [1.165, 1.54) is 8.96 Å². The highest BCUT2D eigenvalue weighted by Crippen LogP contribution is 2.56. The second-order valence-corrected chi connectivity index (χ2v) is 35.0. The number of carbonyl (C=O) groups excluding carboxylic acids is 2. The number of alkyl halides is 18. The van der Waals surface area contributed by atoms with Crippen molar-refractivity contribution in [3.05, 3.63) is 263 Å². The van der Waals surface area contributed by atoms with Gasteiger partial charge in [-0.2, -0.15) is 106 Å². The monoisotopic (exact) mass is 1770 g/mol. The Hall–Kier alpha value is -12.0.